The minimum atomic E-state index is 0.0849. The lowest BCUT2D eigenvalue weighted by Crippen LogP contribution is -2.32. The van der Waals surface area contributed by atoms with Crippen LogP contribution in [-0.2, 0) is 32.2 Å². The zero-order valence-electron chi connectivity index (χ0n) is 14.1. The first-order valence-corrected chi connectivity index (χ1v) is 9.20. The van der Waals surface area contributed by atoms with E-state index in [0.717, 1.165) is 49.8 Å². The number of nitrogens with zero attached hydrogens (tertiary/aromatic N) is 1. The van der Waals surface area contributed by atoms with Gasteiger partial charge in [0.1, 0.15) is 0 Å². The summed E-state index contributed by atoms with van der Waals surface area (Å²) in [5.41, 5.74) is 6.10. The fourth-order valence-corrected chi connectivity index (χ4v) is 4.02. The van der Waals surface area contributed by atoms with E-state index in [2.05, 4.69) is 27.4 Å². The smallest absolute Gasteiger partial charge is 0.252 e. The molecule has 4 rings (SSSR count). The third kappa shape index (κ3) is 3.29. The average molecular weight is 323 g/mol. The van der Waals surface area contributed by atoms with Crippen molar-refractivity contribution in [2.45, 2.75) is 64.0 Å². The highest BCUT2D eigenvalue weighted by Crippen LogP contribution is 2.20. The quantitative estimate of drug-likeness (QED) is 0.854. The monoisotopic (exact) mass is 323 g/mol. The van der Waals surface area contributed by atoms with Crippen molar-refractivity contribution >= 4 is 0 Å². The minimum absolute atomic E-state index is 0.0849. The molecule has 4 nitrogen and oxygen atoms in total. The molecule has 1 atom stereocenters. The second-order valence-electron chi connectivity index (χ2n) is 7.10. The van der Waals surface area contributed by atoms with Crippen molar-refractivity contribution in [2.75, 3.05) is 0 Å². The van der Waals surface area contributed by atoms with Gasteiger partial charge in [-0.25, -0.2) is 0 Å². The molecule has 0 aromatic carbocycles. The first-order chi connectivity index (χ1) is 11.8. The molecule has 0 spiro atoms. The summed E-state index contributed by atoms with van der Waals surface area (Å²) in [6, 6.07) is 6.81. The Balaban J connectivity index is 1.42. The third-order valence-electron chi connectivity index (χ3n) is 5.47. The molecule has 0 saturated heterocycles. The number of H-pyrrole nitrogens is 1. The number of aryl methyl sites for hydroxylation is 4. The molecule has 0 amide bonds. The highest BCUT2D eigenvalue weighted by Gasteiger charge is 2.18. The minimum Gasteiger partial charge on any atom is -0.326 e. The molecule has 2 N–H and O–H groups in total. The lowest BCUT2D eigenvalue weighted by atomic mass is 9.95. The van der Waals surface area contributed by atoms with Gasteiger partial charge in [0.05, 0.1) is 0 Å². The van der Waals surface area contributed by atoms with Gasteiger partial charge in [-0.15, -0.1) is 0 Å². The molecule has 2 aromatic heterocycles. The fourth-order valence-electron chi connectivity index (χ4n) is 4.02. The van der Waals surface area contributed by atoms with E-state index in [1.165, 1.54) is 29.7 Å². The van der Waals surface area contributed by atoms with E-state index in [9.17, 15) is 4.79 Å². The molecular formula is C20H25N3O. The summed E-state index contributed by atoms with van der Waals surface area (Å²) < 4.78 is 0. The van der Waals surface area contributed by atoms with Crippen molar-refractivity contribution in [3.8, 4) is 0 Å². The zero-order valence-corrected chi connectivity index (χ0v) is 14.1. The molecule has 2 aromatic rings. The Morgan fingerprint density at radius 1 is 1.12 bits per heavy atom. The molecule has 2 aliphatic rings. The molecule has 24 heavy (non-hydrogen) atoms. The number of fused-ring (bicyclic) bond motifs is 2. The Kier molecular flexibility index (Phi) is 4.48. The van der Waals surface area contributed by atoms with E-state index in [1.54, 1.807) is 0 Å². The zero-order chi connectivity index (χ0) is 16.4. The average Bonchev–Trinajstić information content (AvgIpc) is 2.82. The lowest BCUT2D eigenvalue weighted by molar-refractivity contribution is 0.460. The van der Waals surface area contributed by atoms with Crippen molar-refractivity contribution < 1.29 is 0 Å². The number of rotatable bonds is 3. The van der Waals surface area contributed by atoms with Crippen LogP contribution in [0, 0.1) is 0 Å². The first-order valence-electron chi connectivity index (χ1n) is 9.20. The summed E-state index contributed by atoms with van der Waals surface area (Å²) >= 11 is 0. The summed E-state index contributed by atoms with van der Waals surface area (Å²) in [5.74, 6) is 0. The molecule has 126 valence electrons. The molecule has 4 heteroatoms. The Bertz CT molecular complexity index is 754. The van der Waals surface area contributed by atoms with Gasteiger partial charge in [0.2, 0.25) is 0 Å². The highest BCUT2D eigenvalue weighted by atomic mass is 16.1. The lowest BCUT2D eigenvalue weighted by Gasteiger charge is -2.18. The van der Waals surface area contributed by atoms with Crippen LogP contribution in [0.5, 0.6) is 0 Å². The number of pyridine rings is 2. The fraction of sp³-hybridized carbons (Fsp3) is 0.500. The summed E-state index contributed by atoms with van der Waals surface area (Å²) in [6.07, 6.45) is 10.7. The Hall–Kier alpha value is -1.94. The number of hydrogen-bond donors (Lipinski definition) is 2. The van der Waals surface area contributed by atoms with Gasteiger partial charge in [0, 0.05) is 35.7 Å². The van der Waals surface area contributed by atoms with E-state index in [4.69, 9.17) is 0 Å². The second-order valence-corrected chi connectivity index (χ2v) is 7.10. The largest absolute Gasteiger partial charge is 0.326 e. The molecule has 2 aliphatic carbocycles. The Morgan fingerprint density at radius 2 is 2.00 bits per heavy atom. The number of aromatic amines is 1. The number of aromatic nitrogens is 2. The van der Waals surface area contributed by atoms with Gasteiger partial charge in [0.25, 0.3) is 5.56 Å². The summed E-state index contributed by atoms with van der Waals surface area (Å²) in [4.78, 5) is 19.9. The van der Waals surface area contributed by atoms with E-state index < -0.39 is 0 Å². The predicted molar refractivity (Wildman–Crippen MR) is 95.2 cm³/mol. The van der Waals surface area contributed by atoms with Gasteiger partial charge < -0.3 is 10.3 Å². The van der Waals surface area contributed by atoms with Crippen molar-refractivity contribution in [1.82, 2.24) is 15.3 Å². The molecule has 0 fully saturated rings. The molecule has 1 unspecified atom stereocenters. The maximum atomic E-state index is 12.3. The van der Waals surface area contributed by atoms with Crippen molar-refractivity contribution in [1.29, 1.82) is 0 Å². The van der Waals surface area contributed by atoms with Gasteiger partial charge in [-0.2, -0.15) is 0 Å². The van der Waals surface area contributed by atoms with Crippen LogP contribution in [0.25, 0.3) is 0 Å². The van der Waals surface area contributed by atoms with Gasteiger partial charge in [-0.3, -0.25) is 9.78 Å². The summed E-state index contributed by atoms with van der Waals surface area (Å²) in [6.45, 7) is 0.664. The van der Waals surface area contributed by atoms with Crippen LogP contribution < -0.4 is 10.9 Å². The topological polar surface area (TPSA) is 57.8 Å². The van der Waals surface area contributed by atoms with Crippen LogP contribution in [0.1, 0.15) is 53.8 Å². The summed E-state index contributed by atoms with van der Waals surface area (Å²) in [5, 5.41) is 3.61. The van der Waals surface area contributed by atoms with Gasteiger partial charge in [0.15, 0.2) is 0 Å². The van der Waals surface area contributed by atoms with Crippen LogP contribution in [-0.4, -0.2) is 16.0 Å². The highest BCUT2D eigenvalue weighted by molar-refractivity contribution is 5.27. The van der Waals surface area contributed by atoms with E-state index in [-0.39, 0.29) is 5.56 Å². The summed E-state index contributed by atoms with van der Waals surface area (Å²) in [7, 11) is 0. The van der Waals surface area contributed by atoms with Crippen LogP contribution in [0.15, 0.2) is 29.2 Å². The predicted octanol–water partition coefficient (Wildman–Crippen LogP) is 2.69. The molecular weight excluding hydrogens is 298 g/mol. The van der Waals surface area contributed by atoms with Gasteiger partial charge in [-0.05, 0) is 74.6 Å². The van der Waals surface area contributed by atoms with Crippen LogP contribution in [0.2, 0.25) is 0 Å². The third-order valence-corrected chi connectivity index (χ3v) is 5.47. The molecule has 0 bridgehead atoms. The normalized spacial score (nSPS) is 20.1. The first kappa shape index (κ1) is 15.6. The van der Waals surface area contributed by atoms with E-state index >= 15 is 0 Å². The molecule has 0 aliphatic heterocycles. The number of hydrogen-bond acceptors (Lipinski definition) is 3. The molecule has 0 radical (unpaired) electrons. The van der Waals surface area contributed by atoms with E-state index in [0.29, 0.717) is 12.6 Å². The van der Waals surface area contributed by atoms with Crippen molar-refractivity contribution in [3.05, 3.63) is 62.8 Å². The Morgan fingerprint density at radius 3 is 2.96 bits per heavy atom. The maximum absolute atomic E-state index is 12.3. The van der Waals surface area contributed by atoms with E-state index in [1.807, 2.05) is 12.3 Å². The SMILES string of the molecule is O=c1[nH]c2c(cc1CNC1CCc3cccnc3CC1)CCCC2. The molecule has 0 saturated carbocycles. The second kappa shape index (κ2) is 6.89. The Labute approximate surface area is 142 Å². The molecule has 2 heterocycles. The van der Waals surface area contributed by atoms with Gasteiger partial charge >= 0.3 is 0 Å². The number of nitrogens with one attached hydrogen (secondary N) is 2. The van der Waals surface area contributed by atoms with Crippen molar-refractivity contribution in [2.24, 2.45) is 0 Å². The van der Waals surface area contributed by atoms with Gasteiger partial charge in [-0.1, -0.05) is 6.07 Å². The maximum Gasteiger partial charge on any atom is 0.252 e. The standard InChI is InChI=1S/C20H25N3O/c24-20-16(12-15-4-1-2-6-19(15)23-20)13-22-17-8-7-14-5-3-11-21-18(14)10-9-17/h3,5,11-12,17,22H,1-2,4,6-10,13H2,(H,23,24). The van der Waals surface area contributed by atoms with Crippen molar-refractivity contribution in [3.63, 3.8) is 0 Å². The van der Waals surface area contributed by atoms with Crippen LogP contribution >= 0.6 is 0 Å². The van der Waals surface area contributed by atoms with Crippen LogP contribution in [0.3, 0.4) is 0 Å². The van der Waals surface area contributed by atoms with Crippen LogP contribution in [0.4, 0.5) is 0 Å².